The van der Waals surface area contributed by atoms with Gasteiger partial charge in [-0.15, -0.1) is 0 Å². The highest BCUT2D eigenvalue weighted by molar-refractivity contribution is 7.08. The topological polar surface area (TPSA) is 21.3 Å². The molecule has 0 saturated carbocycles. The molecular weight excluding hydrogens is 249 g/mol. The van der Waals surface area contributed by atoms with Gasteiger partial charge >= 0.3 is 0 Å². The minimum absolute atomic E-state index is 0.147. The predicted molar refractivity (Wildman–Crippen MR) is 72.9 cm³/mol. The number of hydrogen-bond donors (Lipinski definition) is 1. The average Bonchev–Trinajstić information content (AvgIpc) is 2.79. The van der Waals surface area contributed by atoms with Crippen molar-refractivity contribution in [3.05, 3.63) is 51.5 Å². The lowest BCUT2D eigenvalue weighted by molar-refractivity contribution is 0.382. The monoisotopic (exact) mass is 265 g/mol. The summed E-state index contributed by atoms with van der Waals surface area (Å²) in [6.07, 6.45) is 0. The van der Waals surface area contributed by atoms with Crippen molar-refractivity contribution in [3.63, 3.8) is 0 Å². The first-order chi connectivity index (χ1) is 8.69. The number of rotatable bonds is 4. The van der Waals surface area contributed by atoms with Crippen molar-refractivity contribution in [2.24, 2.45) is 0 Å². The zero-order valence-electron chi connectivity index (χ0n) is 10.7. The van der Waals surface area contributed by atoms with E-state index in [0.29, 0.717) is 5.56 Å². The van der Waals surface area contributed by atoms with Crippen LogP contribution in [0.1, 0.15) is 22.7 Å². The largest absolute Gasteiger partial charge is 0.494 e. The van der Waals surface area contributed by atoms with Gasteiger partial charge in [0.05, 0.1) is 13.2 Å². The highest BCUT2D eigenvalue weighted by Gasteiger charge is 2.20. The van der Waals surface area contributed by atoms with E-state index in [4.69, 9.17) is 4.74 Å². The molecule has 0 aliphatic carbocycles. The summed E-state index contributed by atoms with van der Waals surface area (Å²) in [5.41, 5.74) is 2.88. The Morgan fingerprint density at radius 1 is 1.28 bits per heavy atom. The van der Waals surface area contributed by atoms with E-state index in [1.54, 1.807) is 23.5 Å². The van der Waals surface area contributed by atoms with Gasteiger partial charge in [0.25, 0.3) is 0 Å². The molecule has 96 valence electrons. The van der Waals surface area contributed by atoms with Crippen LogP contribution < -0.4 is 10.1 Å². The molecule has 1 unspecified atom stereocenters. The fraction of sp³-hybridized carbons (Fsp3) is 0.286. The van der Waals surface area contributed by atoms with E-state index in [1.807, 2.05) is 20.0 Å². The summed E-state index contributed by atoms with van der Waals surface area (Å²) in [4.78, 5) is 0. The summed E-state index contributed by atoms with van der Waals surface area (Å²) in [5.74, 6) is -0.0226. The van der Waals surface area contributed by atoms with E-state index in [1.165, 1.54) is 12.7 Å². The summed E-state index contributed by atoms with van der Waals surface area (Å²) in [6, 6.07) is 5.08. The Kier molecular flexibility index (Phi) is 3.99. The van der Waals surface area contributed by atoms with Crippen molar-refractivity contribution in [2.45, 2.75) is 13.0 Å². The van der Waals surface area contributed by atoms with Gasteiger partial charge in [-0.25, -0.2) is 4.39 Å². The Bertz CT molecular complexity index is 538. The molecule has 18 heavy (non-hydrogen) atoms. The SMILES string of the molecule is CNC(c1cscc1C)c1cccc(OC)c1F. The molecule has 1 atom stereocenters. The van der Waals surface area contributed by atoms with Gasteiger partial charge in [-0.3, -0.25) is 0 Å². The molecule has 1 aromatic carbocycles. The maximum absolute atomic E-state index is 14.3. The van der Waals surface area contributed by atoms with Gasteiger partial charge in [0, 0.05) is 5.56 Å². The van der Waals surface area contributed by atoms with Gasteiger partial charge in [0.2, 0.25) is 0 Å². The second-order valence-corrected chi connectivity index (χ2v) is 4.84. The fourth-order valence-corrected chi connectivity index (χ4v) is 2.93. The third-order valence-electron chi connectivity index (χ3n) is 3.02. The first kappa shape index (κ1) is 13.1. The number of hydrogen-bond acceptors (Lipinski definition) is 3. The highest BCUT2D eigenvalue weighted by Crippen LogP contribution is 2.31. The molecule has 0 spiro atoms. The van der Waals surface area contributed by atoms with Gasteiger partial charge < -0.3 is 10.1 Å². The lowest BCUT2D eigenvalue weighted by Crippen LogP contribution is -2.19. The Balaban J connectivity index is 2.49. The quantitative estimate of drug-likeness (QED) is 0.913. The molecule has 0 radical (unpaired) electrons. The van der Waals surface area contributed by atoms with E-state index in [9.17, 15) is 4.39 Å². The maximum atomic E-state index is 14.3. The number of nitrogens with one attached hydrogen (secondary N) is 1. The lowest BCUT2D eigenvalue weighted by Gasteiger charge is -2.18. The van der Waals surface area contributed by atoms with E-state index in [0.717, 1.165) is 5.56 Å². The van der Waals surface area contributed by atoms with E-state index in [-0.39, 0.29) is 17.6 Å². The molecule has 2 nitrogen and oxygen atoms in total. The first-order valence-electron chi connectivity index (χ1n) is 5.71. The number of aryl methyl sites for hydroxylation is 1. The van der Waals surface area contributed by atoms with Crippen molar-refractivity contribution in [1.82, 2.24) is 5.32 Å². The zero-order chi connectivity index (χ0) is 13.1. The third kappa shape index (κ3) is 2.26. The number of halogens is 1. The number of benzene rings is 1. The minimum atomic E-state index is -0.301. The van der Waals surface area contributed by atoms with Crippen LogP contribution in [0.25, 0.3) is 0 Å². The van der Waals surface area contributed by atoms with E-state index < -0.39 is 0 Å². The van der Waals surface area contributed by atoms with Crippen LogP contribution in [0.5, 0.6) is 5.75 Å². The molecule has 4 heteroatoms. The second kappa shape index (κ2) is 5.50. The lowest BCUT2D eigenvalue weighted by atomic mass is 9.98. The molecule has 0 amide bonds. The smallest absolute Gasteiger partial charge is 0.170 e. The minimum Gasteiger partial charge on any atom is -0.494 e. The zero-order valence-corrected chi connectivity index (χ0v) is 11.5. The Morgan fingerprint density at radius 2 is 2.06 bits per heavy atom. The third-order valence-corrected chi connectivity index (χ3v) is 3.90. The van der Waals surface area contributed by atoms with Gasteiger partial charge in [0.15, 0.2) is 11.6 Å². The molecule has 1 aromatic heterocycles. The normalized spacial score (nSPS) is 12.4. The summed E-state index contributed by atoms with van der Waals surface area (Å²) in [5, 5.41) is 7.28. The van der Waals surface area contributed by atoms with Crippen molar-refractivity contribution >= 4 is 11.3 Å². The maximum Gasteiger partial charge on any atom is 0.170 e. The number of ether oxygens (including phenoxy) is 1. The van der Waals surface area contributed by atoms with E-state index >= 15 is 0 Å². The summed E-state index contributed by atoms with van der Waals surface area (Å²) >= 11 is 1.63. The van der Waals surface area contributed by atoms with Crippen LogP contribution in [-0.4, -0.2) is 14.2 Å². The van der Waals surface area contributed by atoms with Crippen LogP contribution in [0, 0.1) is 12.7 Å². The van der Waals surface area contributed by atoms with Gasteiger partial charge in [0.1, 0.15) is 0 Å². The Morgan fingerprint density at radius 3 is 2.61 bits per heavy atom. The van der Waals surface area contributed by atoms with Crippen LogP contribution in [0.2, 0.25) is 0 Å². The summed E-state index contributed by atoms with van der Waals surface area (Å²) < 4.78 is 19.3. The first-order valence-corrected chi connectivity index (χ1v) is 6.65. The van der Waals surface area contributed by atoms with Crippen molar-refractivity contribution in [1.29, 1.82) is 0 Å². The van der Waals surface area contributed by atoms with Crippen LogP contribution in [0.4, 0.5) is 4.39 Å². The van der Waals surface area contributed by atoms with Crippen molar-refractivity contribution in [3.8, 4) is 5.75 Å². The molecular formula is C14H16FNOS. The molecule has 1 heterocycles. The van der Waals surface area contributed by atoms with Crippen LogP contribution in [0.3, 0.4) is 0 Å². The van der Waals surface area contributed by atoms with Crippen LogP contribution in [0.15, 0.2) is 29.0 Å². The summed E-state index contributed by atoms with van der Waals surface area (Å²) in [7, 11) is 3.31. The fourth-order valence-electron chi connectivity index (χ4n) is 2.05. The molecule has 0 saturated heterocycles. The van der Waals surface area contributed by atoms with Gasteiger partial charge in [-0.1, -0.05) is 12.1 Å². The Hall–Kier alpha value is -1.39. The molecule has 0 bridgehead atoms. The average molecular weight is 265 g/mol. The standard InChI is InChI=1S/C14H16FNOS/c1-9-7-18-8-11(9)14(16-2)10-5-4-6-12(17-3)13(10)15/h4-8,14,16H,1-3H3. The Labute approximate surface area is 110 Å². The molecule has 1 N–H and O–H groups in total. The van der Waals surface area contributed by atoms with Gasteiger partial charge in [-0.05, 0) is 41.9 Å². The van der Waals surface area contributed by atoms with Crippen LogP contribution >= 0.6 is 11.3 Å². The summed E-state index contributed by atoms with van der Waals surface area (Å²) in [6.45, 7) is 2.04. The molecule has 2 rings (SSSR count). The number of methoxy groups -OCH3 is 1. The predicted octanol–water partition coefficient (Wildman–Crippen LogP) is 3.51. The van der Waals surface area contributed by atoms with Crippen LogP contribution in [-0.2, 0) is 0 Å². The number of thiophene rings is 1. The molecule has 0 aliphatic rings. The van der Waals surface area contributed by atoms with E-state index in [2.05, 4.69) is 16.1 Å². The highest BCUT2D eigenvalue weighted by atomic mass is 32.1. The molecule has 0 fully saturated rings. The molecule has 0 aliphatic heterocycles. The van der Waals surface area contributed by atoms with Crippen molar-refractivity contribution in [2.75, 3.05) is 14.2 Å². The van der Waals surface area contributed by atoms with Crippen molar-refractivity contribution < 1.29 is 9.13 Å². The second-order valence-electron chi connectivity index (χ2n) is 4.10. The van der Waals surface area contributed by atoms with Gasteiger partial charge in [-0.2, -0.15) is 11.3 Å². The molecule has 2 aromatic rings.